The number of benzene rings is 5. The normalized spacial score (nSPS) is 13.1. The van der Waals surface area contributed by atoms with Gasteiger partial charge in [0.05, 0.1) is 27.1 Å². The molecule has 1 aliphatic rings. The van der Waals surface area contributed by atoms with Crippen molar-refractivity contribution >= 4 is 76.2 Å². The molecule has 0 saturated carbocycles. The lowest BCUT2D eigenvalue weighted by atomic mass is 9.88. The van der Waals surface area contributed by atoms with Gasteiger partial charge in [-0.15, -0.1) is 11.3 Å². The van der Waals surface area contributed by atoms with Gasteiger partial charge in [0, 0.05) is 56.5 Å². The molecule has 0 atom stereocenters. The zero-order valence-corrected chi connectivity index (χ0v) is 29.9. The quantitative estimate of drug-likeness (QED) is 0.180. The van der Waals surface area contributed by atoms with Crippen LogP contribution in [0.25, 0.3) is 47.8 Å². The minimum absolute atomic E-state index is 0.00460. The number of aromatic nitrogens is 3. The highest BCUT2D eigenvalue weighted by molar-refractivity contribution is 7.26. The molecule has 252 valence electrons. The minimum atomic E-state index is 0.00460. The Balaban J connectivity index is 1.02. The predicted octanol–water partition coefficient (Wildman–Crippen LogP) is 12.3. The zero-order chi connectivity index (χ0) is 35.0. The topological polar surface area (TPSA) is 46.4 Å². The number of nitrogens with zero attached hydrogens (tertiary/aromatic N) is 5. The molecular formula is C45H35N5OS. The average molecular weight is 694 g/mol. The molecule has 0 amide bonds. The molecule has 0 radical (unpaired) electrons. The molecule has 52 heavy (non-hydrogen) atoms. The fourth-order valence-corrected chi connectivity index (χ4v) is 8.79. The second-order valence-corrected chi connectivity index (χ2v) is 15.4. The molecule has 9 aromatic rings. The van der Waals surface area contributed by atoms with Crippen LogP contribution in [-0.4, -0.2) is 21.2 Å². The molecule has 0 spiro atoms. The van der Waals surface area contributed by atoms with E-state index in [1.165, 1.54) is 36.8 Å². The second kappa shape index (κ2) is 11.7. The number of thiophene rings is 1. The van der Waals surface area contributed by atoms with Gasteiger partial charge >= 0.3 is 0 Å². The number of pyridine rings is 2. The van der Waals surface area contributed by atoms with Crippen molar-refractivity contribution in [1.29, 1.82) is 0 Å². The third kappa shape index (κ3) is 4.92. The van der Waals surface area contributed by atoms with E-state index in [-0.39, 0.29) is 5.41 Å². The summed E-state index contributed by atoms with van der Waals surface area (Å²) in [5.74, 6) is 3.38. The lowest BCUT2D eigenvalue weighted by Gasteiger charge is -2.22. The first-order valence-corrected chi connectivity index (χ1v) is 18.4. The van der Waals surface area contributed by atoms with Crippen LogP contribution in [0.5, 0.6) is 11.5 Å². The van der Waals surface area contributed by atoms with Crippen molar-refractivity contribution in [3.8, 4) is 17.3 Å². The first kappa shape index (κ1) is 30.6. The number of anilines is 4. The standard InChI is InChI=1S/C45H35N5OS/c1-45(2,3)29-22-24-46-42(25-29)50-37-16-6-4-13-33(37)34-21-20-32(27-40(34)50)51-31-12-8-11-30(26-31)48-28-49(44-39(48)18-10-23-47-44)38-17-9-15-36-35-14-5-7-19-41(35)52-43(36)38/h4-27H,28H2,1-3H3. The maximum absolute atomic E-state index is 6.65. The molecule has 0 bridgehead atoms. The highest BCUT2D eigenvalue weighted by Gasteiger charge is 2.31. The summed E-state index contributed by atoms with van der Waals surface area (Å²) >= 11 is 1.84. The number of hydrogen-bond donors (Lipinski definition) is 0. The van der Waals surface area contributed by atoms with Crippen LogP contribution in [0, 0.1) is 0 Å². The maximum Gasteiger partial charge on any atom is 0.158 e. The maximum atomic E-state index is 6.65. The number of rotatable bonds is 5. The van der Waals surface area contributed by atoms with Crippen molar-refractivity contribution in [1.82, 2.24) is 14.5 Å². The third-order valence-electron chi connectivity index (χ3n) is 10.1. The molecule has 10 rings (SSSR count). The average Bonchev–Trinajstić information content (AvgIpc) is 3.84. The Labute approximate surface area is 305 Å². The van der Waals surface area contributed by atoms with Gasteiger partial charge < -0.3 is 14.5 Å². The Hall–Kier alpha value is -6.18. The van der Waals surface area contributed by atoms with E-state index in [4.69, 9.17) is 14.7 Å². The van der Waals surface area contributed by atoms with Crippen LogP contribution in [0.15, 0.2) is 146 Å². The van der Waals surface area contributed by atoms with E-state index >= 15 is 0 Å². The van der Waals surface area contributed by atoms with E-state index in [9.17, 15) is 0 Å². The molecule has 0 aliphatic carbocycles. The third-order valence-corrected chi connectivity index (χ3v) is 11.3. The molecule has 4 aromatic heterocycles. The molecule has 0 N–H and O–H groups in total. The summed E-state index contributed by atoms with van der Waals surface area (Å²) in [5, 5.41) is 4.92. The van der Waals surface area contributed by atoms with Crippen LogP contribution in [0.4, 0.5) is 22.9 Å². The van der Waals surface area contributed by atoms with Gasteiger partial charge in [0.25, 0.3) is 0 Å². The smallest absolute Gasteiger partial charge is 0.158 e. The van der Waals surface area contributed by atoms with Crippen molar-refractivity contribution in [2.75, 3.05) is 16.5 Å². The number of hydrogen-bond acceptors (Lipinski definition) is 6. The second-order valence-electron chi connectivity index (χ2n) is 14.4. The van der Waals surface area contributed by atoms with Gasteiger partial charge in [0.1, 0.15) is 24.0 Å². The van der Waals surface area contributed by atoms with E-state index in [0.717, 1.165) is 50.9 Å². The molecule has 5 heterocycles. The van der Waals surface area contributed by atoms with E-state index in [0.29, 0.717) is 6.67 Å². The highest BCUT2D eigenvalue weighted by atomic mass is 32.1. The minimum Gasteiger partial charge on any atom is -0.457 e. The first-order valence-electron chi connectivity index (χ1n) is 17.6. The first-order chi connectivity index (χ1) is 25.4. The molecule has 1 aliphatic heterocycles. The Morgan fingerprint density at radius 2 is 1.37 bits per heavy atom. The number of para-hydroxylation sites is 1. The highest BCUT2D eigenvalue weighted by Crippen LogP contribution is 2.48. The Kier molecular flexibility index (Phi) is 6.88. The van der Waals surface area contributed by atoms with Crippen molar-refractivity contribution in [2.45, 2.75) is 26.2 Å². The van der Waals surface area contributed by atoms with Gasteiger partial charge in [-0.05, 0) is 77.7 Å². The van der Waals surface area contributed by atoms with Gasteiger partial charge in [-0.3, -0.25) is 4.57 Å². The van der Waals surface area contributed by atoms with Crippen LogP contribution in [0.3, 0.4) is 0 Å². The van der Waals surface area contributed by atoms with Gasteiger partial charge in [-0.25, -0.2) is 9.97 Å². The summed E-state index contributed by atoms with van der Waals surface area (Å²) in [4.78, 5) is 14.4. The van der Waals surface area contributed by atoms with Crippen LogP contribution in [0.1, 0.15) is 26.3 Å². The van der Waals surface area contributed by atoms with Crippen LogP contribution < -0.4 is 14.5 Å². The summed E-state index contributed by atoms with van der Waals surface area (Å²) in [6, 6.07) is 46.9. The summed E-state index contributed by atoms with van der Waals surface area (Å²) in [6.07, 6.45) is 3.79. The lowest BCUT2D eigenvalue weighted by molar-refractivity contribution is 0.483. The Morgan fingerprint density at radius 1 is 0.596 bits per heavy atom. The van der Waals surface area contributed by atoms with Gasteiger partial charge in [0.15, 0.2) is 5.82 Å². The fourth-order valence-electron chi connectivity index (χ4n) is 7.57. The molecule has 0 fully saturated rings. The Morgan fingerprint density at radius 3 is 2.27 bits per heavy atom. The van der Waals surface area contributed by atoms with Gasteiger partial charge in [-0.2, -0.15) is 0 Å². The lowest BCUT2D eigenvalue weighted by Crippen LogP contribution is -2.24. The molecule has 6 nitrogen and oxygen atoms in total. The number of fused-ring (bicyclic) bond motifs is 7. The summed E-state index contributed by atoms with van der Waals surface area (Å²) in [5.41, 5.74) is 6.69. The van der Waals surface area contributed by atoms with Crippen LogP contribution >= 0.6 is 11.3 Å². The predicted molar refractivity (Wildman–Crippen MR) is 217 cm³/mol. The van der Waals surface area contributed by atoms with Crippen LogP contribution in [-0.2, 0) is 5.41 Å². The summed E-state index contributed by atoms with van der Waals surface area (Å²) in [7, 11) is 0. The summed E-state index contributed by atoms with van der Waals surface area (Å²) < 4.78 is 11.5. The molecular weight excluding hydrogens is 659 g/mol. The van der Waals surface area contributed by atoms with Crippen molar-refractivity contribution in [2.24, 2.45) is 0 Å². The van der Waals surface area contributed by atoms with E-state index < -0.39 is 0 Å². The van der Waals surface area contributed by atoms with Gasteiger partial charge in [-0.1, -0.05) is 75.4 Å². The fraction of sp³-hybridized carbons (Fsp3) is 0.111. The van der Waals surface area contributed by atoms with E-state index in [2.05, 4.69) is 156 Å². The van der Waals surface area contributed by atoms with Crippen molar-refractivity contribution in [3.63, 3.8) is 0 Å². The molecule has 0 saturated heterocycles. The molecule has 7 heteroatoms. The molecule has 5 aromatic carbocycles. The van der Waals surface area contributed by atoms with Crippen molar-refractivity contribution < 1.29 is 4.74 Å². The zero-order valence-electron chi connectivity index (χ0n) is 29.1. The van der Waals surface area contributed by atoms with Crippen molar-refractivity contribution in [3.05, 3.63) is 151 Å². The van der Waals surface area contributed by atoms with Crippen LogP contribution in [0.2, 0.25) is 0 Å². The SMILES string of the molecule is CC(C)(C)c1ccnc(-n2c3ccccc3c3ccc(Oc4cccc(N5CN(c6cccc7c6sc6ccccc67)c6ncccc65)c4)cc32)c1. The molecule has 0 unspecified atom stereocenters. The van der Waals surface area contributed by atoms with Gasteiger partial charge in [0.2, 0.25) is 0 Å². The van der Waals surface area contributed by atoms with E-state index in [1.54, 1.807) is 0 Å². The largest absolute Gasteiger partial charge is 0.457 e. The Bertz CT molecular complexity index is 2830. The van der Waals surface area contributed by atoms with E-state index in [1.807, 2.05) is 35.9 Å². The monoisotopic (exact) mass is 693 g/mol. The number of ether oxygens (including phenoxy) is 1. The summed E-state index contributed by atoms with van der Waals surface area (Å²) in [6.45, 7) is 7.34.